The highest BCUT2D eigenvalue weighted by molar-refractivity contribution is 5.76. The fourth-order valence-electron chi connectivity index (χ4n) is 4.46. The number of benzene rings is 1. The molecule has 3 aromatic heterocycles. The van der Waals surface area contributed by atoms with Gasteiger partial charge in [0, 0.05) is 36.5 Å². The third kappa shape index (κ3) is 4.20. The molecule has 1 unspecified atom stereocenters. The number of likely N-dealkylation sites (tertiary alicyclic amines) is 1. The Bertz CT molecular complexity index is 1320. The molecule has 0 aliphatic carbocycles. The van der Waals surface area contributed by atoms with Crippen molar-refractivity contribution in [2.45, 2.75) is 45.4 Å². The van der Waals surface area contributed by atoms with E-state index >= 15 is 0 Å². The van der Waals surface area contributed by atoms with E-state index in [-0.39, 0.29) is 17.6 Å². The van der Waals surface area contributed by atoms with Gasteiger partial charge in [0.15, 0.2) is 0 Å². The van der Waals surface area contributed by atoms with Crippen LogP contribution in [0.2, 0.25) is 0 Å². The number of nitrogens with zero attached hydrogens (tertiary/aromatic N) is 7. The maximum Gasteiger partial charge on any atom is 0.252 e. The molecule has 1 atom stereocenters. The number of hydrogen-bond donors (Lipinski definition) is 0. The molecule has 1 saturated heterocycles. The van der Waals surface area contributed by atoms with E-state index < -0.39 is 0 Å². The number of carbonyl (C=O) groups is 1. The summed E-state index contributed by atoms with van der Waals surface area (Å²) in [5, 5.41) is 8.22. The molecule has 0 spiro atoms. The third-order valence-electron chi connectivity index (χ3n) is 6.23. The lowest BCUT2D eigenvalue weighted by atomic mass is 9.97. The van der Waals surface area contributed by atoms with Crippen molar-refractivity contribution in [2.24, 2.45) is 0 Å². The van der Waals surface area contributed by atoms with Gasteiger partial charge in [0.2, 0.25) is 17.6 Å². The lowest BCUT2D eigenvalue weighted by Gasteiger charge is -2.31. The maximum atomic E-state index is 13.5. The molecule has 33 heavy (non-hydrogen) atoms. The van der Waals surface area contributed by atoms with Gasteiger partial charge in [-0.15, -0.1) is 0 Å². The van der Waals surface area contributed by atoms with E-state index in [1.165, 1.54) is 18.5 Å². The van der Waals surface area contributed by atoms with Crippen molar-refractivity contribution in [3.05, 3.63) is 59.3 Å². The third-order valence-corrected chi connectivity index (χ3v) is 6.23. The maximum absolute atomic E-state index is 13.5. The highest BCUT2D eigenvalue weighted by Crippen LogP contribution is 2.28. The van der Waals surface area contributed by atoms with Crippen molar-refractivity contribution in [3.63, 3.8) is 0 Å². The highest BCUT2D eigenvalue weighted by Gasteiger charge is 2.29. The van der Waals surface area contributed by atoms with Gasteiger partial charge in [0.25, 0.3) is 5.78 Å². The summed E-state index contributed by atoms with van der Waals surface area (Å²) < 4.78 is 20.7. The molecule has 4 aromatic rings. The minimum atomic E-state index is -0.350. The zero-order valence-corrected chi connectivity index (χ0v) is 18.5. The summed E-state index contributed by atoms with van der Waals surface area (Å²) in [7, 11) is 0. The first-order valence-electron chi connectivity index (χ1n) is 11.0. The van der Waals surface area contributed by atoms with Gasteiger partial charge in [-0.25, -0.2) is 13.9 Å². The van der Waals surface area contributed by atoms with Gasteiger partial charge in [-0.1, -0.05) is 17.3 Å². The monoisotopic (exact) mass is 449 g/mol. The molecule has 170 valence electrons. The van der Waals surface area contributed by atoms with Crippen molar-refractivity contribution in [1.82, 2.24) is 34.6 Å². The number of amides is 1. The van der Waals surface area contributed by atoms with E-state index in [1.54, 1.807) is 16.6 Å². The number of carbonyl (C=O) groups excluding carboxylic acids is 1. The molecule has 10 heteroatoms. The SMILES string of the molecule is Cc1nc2ncnn2c(C)c1CCC(=O)N1CCCC(c2nc(-c3cccc(F)c3)no2)C1. The first kappa shape index (κ1) is 21.2. The lowest BCUT2D eigenvalue weighted by molar-refractivity contribution is -0.132. The molecule has 0 N–H and O–H groups in total. The van der Waals surface area contributed by atoms with Gasteiger partial charge in [-0.05, 0) is 50.8 Å². The Balaban J connectivity index is 1.25. The smallest absolute Gasteiger partial charge is 0.252 e. The first-order valence-corrected chi connectivity index (χ1v) is 11.0. The second kappa shape index (κ2) is 8.68. The van der Waals surface area contributed by atoms with Gasteiger partial charge < -0.3 is 9.42 Å². The molecule has 1 aliphatic rings. The van der Waals surface area contributed by atoms with E-state index in [2.05, 4.69) is 25.2 Å². The van der Waals surface area contributed by atoms with Crippen molar-refractivity contribution in [2.75, 3.05) is 13.1 Å². The molecular formula is C23H24FN7O2. The first-order chi connectivity index (χ1) is 16.0. The fraction of sp³-hybridized carbons (Fsp3) is 0.391. The Morgan fingerprint density at radius 1 is 1.27 bits per heavy atom. The minimum Gasteiger partial charge on any atom is -0.342 e. The van der Waals surface area contributed by atoms with Gasteiger partial charge in [0.05, 0.1) is 5.92 Å². The summed E-state index contributed by atoms with van der Waals surface area (Å²) in [5.74, 6) is 1.11. The van der Waals surface area contributed by atoms with Crippen molar-refractivity contribution in [1.29, 1.82) is 0 Å². The van der Waals surface area contributed by atoms with Crippen LogP contribution >= 0.6 is 0 Å². The molecule has 0 radical (unpaired) electrons. The Morgan fingerprint density at radius 3 is 3.00 bits per heavy atom. The zero-order chi connectivity index (χ0) is 22.9. The quantitative estimate of drug-likeness (QED) is 0.461. The Labute approximate surface area is 189 Å². The average molecular weight is 449 g/mol. The largest absolute Gasteiger partial charge is 0.342 e. The Morgan fingerprint density at radius 2 is 2.15 bits per heavy atom. The lowest BCUT2D eigenvalue weighted by Crippen LogP contribution is -2.39. The van der Waals surface area contributed by atoms with Crippen LogP contribution in [0.3, 0.4) is 0 Å². The van der Waals surface area contributed by atoms with Crippen LogP contribution in [0.5, 0.6) is 0 Å². The average Bonchev–Trinajstić information content (AvgIpc) is 3.49. The molecular weight excluding hydrogens is 425 g/mol. The Hall–Kier alpha value is -3.69. The van der Waals surface area contributed by atoms with Gasteiger partial charge in [0.1, 0.15) is 12.1 Å². The van der Waals surface area contributed by atoms with Crippen LogP contribution in [0.15, 0.2) is 35.1 Å². The number of aromatic nitrogens is 6. The summed E-state index contributed by atoms with van der Waals surface area (Å²) in [6, 6.07) is 6.10. The minimum absolute atomic E-state index is 0.0332. The molecule has 1 fully saturated rings. The van der Waals surface area contributed by atoms with Crippen molar-refractivity contribution in [3.8, 4) is 11.4 Å². The molecule has 9 nitrogen and oxygen atoms in total. The van der Waals surface area contributed by atoms with Crippen LogP contribution in [-0.4, -0.2) is 53.6 Å². The second-order valence-electron chi connectivity index (χ2n) is 8.38. The molecule has 5 rings (SSSR count). The fourth-order valence-corrected chi connectivity index (χ4v) is 4.46. The zero-order valence-electron chi connectivity index (χ0n) is 18.5. The molecule has 1 amide bonds. The summed E-state index contributed by atoms with van der Waals surface area (Å²) >= 11 is 0. The van der Waals surface area contributed by atoms with Crippen LogP contribution in [-0.2, 0) is 11.2 Å². The molecule has 0 bridgehead atoms. The van der Waals surface area contributed by atoms with Crippen LogP contribution in [0.25, 0.3) is 17.2 Å². The second-order valence-corrected chi connectivity index (χ2v) is 8.38. The van der Waals surface area contributed by atoms with Crippen LogP contribution in [0.1, 0.15) is 48.0 Å². The van der Waals surface area contributed by atoms with E-state index in [0.717, 1.165) is 29.8 Å². The van der Waals surface area contributed by atoms with Crippen LogP contribution < -0.4 is 0 Å². The van der Waals surface area contributed by atoms with E-state index in [0.29, 0.717) is 49.0 Å². The number of hydrogen-bond acceptors (Lipinski definition) is 7. The normalized spacial score (nSPS) is 16.5. The molecule has 1 aromatic carbocycles. The van der Waals surface area contributed by atoms with Crippen molar-refractivity contribution >= 4 is 11.7 Å². The van der Waals surface area contributed by atoms with Crippen LogP contribution in [0, 0.1) is 19.7 Å². The number of rotatable bonds is 5. The Kier molecular flexibility index (Phi) is 5.57. The summed E-state index contributed by atoms with van der Waals surface area (Å²) in [4.78, 5) is 28.0. The number of piperidine rings is 1. The van der Waals surface area contributed by atoms with Crippen LogP contribution in [0.4, 0.5) is 4.39 Å². The standard InChI is InChI=1S/C23H24FN7O2/c1-14-19(15(2)31-23(27-14)25-13-26-31)8-9-20(32)30-10-4-6-17(12-30)22-28-21(29-33-22)16-5-3-7-18(24)11-16/h3,5,7,11,13,17H,4,6,8-10,12H2,1-2H3. The molecule has 1 aliphatic heterocycles. The summed E-state index contributed by atoms with van der Waals surface area (Å²) in [5.41, 5.74) is 3.41. The number of aryl methyl sites for hydroxylation is 2. The topological polar surface area (TPSA) is 102 Å². The molecule has 0 saturated carbocycles. The van der Waals surface area contributed by atoms with E-state index in [4.69, 9.17) is 4.52 Å². The van der Waals surface area contributed by atoms with Gasteiger partial charge in [-0.2, -0.15) is 15.1 Å². The van der Waals surface area contributed by atoms with Crippen molar-refractivity contribution < 1.29 is 13.7 Å². The summed E-state index contributed by atoms with van der Waals surface area (Å²) in [6.07, 6.45) is 4.17. The number of fused-ring (bicyclic) bond motifs is 1. The number of halogens is 1. The predicted octanol–water partition coefficient (Wildman–Crippen LogP) is 3.27. The van der Waals surface area contributed by atoms with Gasteiger partial charge >= 0.3 is 0 Å². The van der Waals surface area contributed by atoms with E-state index in [1.807, 2.05) is 18.7 Å². The summed E-state index contributed by atoms with van der Waals surface area (Å²) in [6.45, 7) is 5.14. The van der Waals surface area contributed by atoms with E-state index in [9.17, 15) is 9.18 Å². The highest BCUT2D eigenvalue weighted by atomic mass is 19.1. The predicted molar refractivity (Wildman–Crippen MR) is 117 cm³/mol. The van der Waals surface area contributed by atoms with Gasteiger partial charge in [-0.3, -0.25) is 4.79 Å². The molecule has 4 heterocycles.